The Morgan fingerprint density at radius 2 is 0.973 bits per heavy atom. The minimum absolute atomic E-state index is 0.194. The van der Waals surface area contributed by atoms with Gasteiger partial charge < -0.3 is 9.47 Å². The standard InChI is InChI=1S/C33H34O4/c1-31(2,3)36-29(34)33(30(35)37-32(4,5)6)19-23-17-15-21-11-7-9-13-25(21)27(23)28-24(20-33)18-16-22-12-8-10-14-26(22)28/h7-18H,19-20H2,1-6H3. The van der Waals surface area contributed by atoms with E-state index in [1.54, 1.807) is 0 Å². The summed E-state index contributed by atoms with van der Waals surface area (Å²) < 4.78 is 11.9. The summed E-state index contributed by atoms with van der Waals surface area (Å²) in [5, 5.41) is 4.42. The lowest BCUT2D eigenvalue weighted by Crippen LogP contribution is -2.49. The average molecular weight is 495 g/mol. The van der Waals surface area contributed by atoms with Crippen molar-refractivity contribution in [2.45, 2.75) is 65.6 Å². The van der Waals surface area contributed by atoms with Crippen LogP contribution in [0.3, 0.4) is 0 Å². The van der Waals surface area contributed by atoms with E-state index < -0.39 is 28.6 Å². The maximum atomic E-state index is 14.0. The molecule has 4 nitrogen and oxygen atoms in total. The normalized spacial score (nSPS) is 15.0. The number of benzene rings is 4. The van der Waals surface area contributed by atoms with E-state index in [9.17, 15) is 9.59 Å². The summed E-state index contributed by atoms with van der Waals surface area (Å²) in [5.41, 5.74) is 0.980. The first-order valence-corrected chi connectivity index (χ1v) is 12.9. The second kappa shape index (κ2) is 8.72. The predicted octanol–water partition coefficient (Wildman–Crippen LogP) is 7.43. The van der Waals surface area contributed by atoms with E-state index in [1.807, 2.05) is 65.8 Å². The lowest BCUT2D eigenvalue weighted by molar-refractivity contribution is -0.185. The Morgan fingerprint density at radius 1 is 0.595 bits per heavy atom. The van der Waals surface area contributed by atoms with Crippen LogP contribution >= 0.6 is 0 Å². The van der Waals surface area contributed by atoms with Gasteiger partial charge in [-0.05, 0) is 85.3 Å². The van der Waals surface area contributed by atoms with Crippen LogP contribution in [0.25, 0.3) is 32.7 Å². The fourth-order valence-electron chi connectivity index (χ4n) is 5.35. The summed E-state index contributed by atoms with van der Waals surface area (Å²) in [6.07, 6.45) is 0.389. The van der Waals surface area contributed by atoms with Crippen LogP contribution in [0.15, 0.2) is 72.8 Å². The van der Waals surface area contributed by atoms with E-state index >= 15 is 0 Å². The van der Waals surface area contributed by atoms with Gasteiger partial charge in [-0.1, -0.05) is 72.8 Å². The topological polar surface area (TPSA) is 52.6 Å². The van der Waals surface area contributed by atoms with Gasteiger partial charge in [0.2, 0.25) is 0 Å². The Hall–Kier alpha value is -3.66. The van der Waals surface area contributed by atoms with Gasteiger partial charge in [-0.2, -0.15) is 0 Å². The van der Waals surface area contributed by atoms with Gasteiger partial charge in [0.05, 0.1) is 0 Å². The predicted molar refractivity (Wildman–Crippen MR) is 148 cm³/mol. The van der Waals surface area contributed by atoms with Crippen LogP contribution in [-0.4, -0.2) is 23.1 Å². The van der Waals surface area contributed by atoms with Crippen LogP contribution in [0.4, 0.5) is 0 Å². The Balaban J connectivity index is 1.86. The molecule has 4 aromatic rings. The minimum Gasteiger partial charge on any atom is -0.459 e. The highest BCUT2D eigenvalue weighted by Gasteiger charge is 2.53. The Bertz CT molecular complexity index is 1410. The maximum absolute atomic E-state index is 14.0. The van der Waals surface area contributed by atoms with E-state index in [1.165, 1.54) is 0 Å². The molecule has 0 heterocycles. The van der Waals surface area contributed by atoms with E-state index in [0.29, 0.717) is 0 Å². The van der Waals surface area contributed by atoms with Gasteiger partial charge in [0, 0.05) is 12.8 Å². The number of esters is 2. The molecule has 4 heteroatoms. The van der Waals surface area contributed by atoms with Crippen LogP contribution < -0.4 is 0 Å². The van der Waals surface area contributed by atoms with Crippen molar-refractivity contribution in [1.29, 1.82) is 0 Å². The highest BCUT2D eigenvalue weighted by atomic mass is 16.6. The summed E-state index contributed by atoms with van der Waals surface area (Å²) in [4.78, 5) is 28.1. The molecule has 0 atom stereocenters. The zero-order valence-electron chi connectivity index (χ0n) is 22.5. The number of hydrogen-bond acceptors (Lipinski definition) is 4. The third-order valence-electron chi connectivity index (χ3n) is 6.84. The number of rotatable bonds is 2. The Kier molecular flexibility index (Phi) is 5.90. The SMILES string of the molecule is CC(C)(C)OC(=O)C1(C(=O)OC(C)(C)C)Cc2ccc3ccccc3c2-c2c(ccc3ccccc23)C1. The van der Waals surface area contributed by atoms with Crippen molar-refractivity contribution in [3.05, 3.63) is 83.9 Å². The molecule has 5 rings (SSSR count). The highest BCUT2D eigenvalue weighted by molar-refractivity contribution is 6.10. The number of hydrogen-bond donors (Lipinski definition) is 0. The molecule has 0 spiro atoms. The summed E-state index contributed by atoms with van der Waals surface area (Å²) in [6.45, 7) is 11.0. The van der Waals surface area contributed by atoms with Crippen LogP contribution in [0.5, 0.6) is 0 Å². The third-order valence-corrected chi connectivity index (χ3v) is 6.84. The van der Waals surface area contributed by atoms with Crippen molar-refractivity contribution in [2.24, 2.45) is 5.41 Å². The van der Waals surface area contributed by atoms with Gasteiger partial charge in [0.1, 0.15) is 11.2 Å². The minimum atomic E-state index is -1.52. The van der Waals surface area contributed by atoms with Crippen molar-refractivity contribution in [2.75, 3.05) is 0 Å². The molecule has 0 N–H and O–H groups in total. The zero-order chi connectivity index (χ0) is 26.6. The van der Waals surface area contributed by atoms with Crippen molar-refractivity contribution >= 4 is 33.5 Å². The largest absolute Gasteiger partial charge is 0.459 e. The monoisotopic (exact) mass is 494 g/mol. The molecule has 0 saturated carbocycles. The third kappa shape index (κ3) is 4.61. The second-order valence-corrected chi connectivity index (χ2v) is 12.1. The molecule has 0 unspecified atom stereocenters. The van der Waals surface area contributed by atoms with E-state index in [0.717, 1.165) is 43.8 Å². The summed E-state index contributed by atoms with van der Waals surface area (Å²) >= 11 is 0. The summed E-state index contributed by atoms with van der Waals surface area (Å²) in [6, 6.07) is 24.8. The number of ether oxygens (including phenoxy) is 2. The second-order valence-electron chi connectivity index (χ2n) is 12.1. The molecular weight excluding hydrogens is 460 g/mol. The van der Waals surface area contributed by atoms with Crippen LogP contribution in [0, 0.1) is 5.41 Å². The van der Waals surface area contributed by atoms with Crippen LogP contribution in [0.1, 0.15) is 52.7 Å². The molecule has 0 aliphatic heterocycles. The Morgan fingerprint density at radius 3 is 1.35 bits per heavy atom. The highest BCUT2D eigenvalue weighted by Crippen LogP contribution is 2.47. The average Bonchev–Trinajstić information content (AvgIpc) is 2.97. The van der Waals surface area contributed by atoms with Gasteiger partial charge in [0.15, 0.2) is 5.41 Å². The van der Waals surface area contributed by atoms with Gasteiger partial charge in [-0.25, -0.2) is 0 Å². The number of fused-ring (bicyclic) bond motifs is 7. The summed E-state index contributed by atoms with van der Waals surface area (Å²) in [7, 11) is 0. The lowest BCUT2D eigenvalue weighted by atomic mass is 9.77. The number of carbonyl (C=O) groups is 2. The molecule has 37 heavy (non-hydrogen) atoms. The van der Waals surface area contributed by atoms with E-state index in [-0.39, 0.29) is 12.8 Å². The van der Waals surface area contributed by atoms with Gasteiger partial charge in [0.25, 0.3) is 0 Å². The molecule has 190 valence electrons. The molecule has 1 aliphatic rings. The fourth-order valence-corrected chi connectivity index (χ4v) is 5.35. The van der Waals surface area contributed by atoms with Gasteiger partial charge in [-0.3, -0.25) is 9.59 Å². The molecule has 0 aromatic heterocycles. The zero-order valence-corrected chi connectivity index (χ0v) is 22.5. The summed E-state index contributed by atoms with van der Waals surface area (Å²) in [5.74, 6) is -1.09. The molecular formula is C33H34O4. The Labute approximate surface area is 218 Å². The lowest BCUT2D eigenvalue weighted by Gasteiger charge is -2.34. The molecule has 0 saturated heterocycles. The van der Waals surface area contributed by atoms with Crippen molar-refractivity contribution in [1.82, 2.24) is 0 Å². The number of carbonyl (C=O) groups excluding carboxylic acids is 2. The maximum Gasteiger partial charge on any atom is 0.324 e. The van der Waals surface area contributed by atoms with E-state index in [4.69, 9.17) is 9.47 Å². The van der Waals surface area contributed by atoms with Crippen molar-refractivity contribution < 1.29 is 19.1 Å². The molecule has 0 amide bonds. The first-order chi connectivity index (χ1) is 17.4. The van der Waals surface area contributed by atoms with Crippen LogP contribution in [0.2, 0.25) is 0 Å². The first-order valence-electron chi connectivity index (χ1n) is 12.9. The molecule has 0 fully saturated rings. The molecule has 4 aromatic carbocycles. The first kappa shape index (κ1) is 25.0. The smallest absolute Gasteiger partial charge is 0.324 e. The molecule has 0 radical (unpaired) electrons. The van der Waals surface area contributed by atoms with Crippen molar-refractivity contribution in [3.63, 3.8) is 0 Å². The quantitative estimate of drug-likeness (QED) is 0.215. The van der Waals surface area contributed by atoms with Gasteiger partial charge in [-0.15, -0.1) is 0 Å². The fraction of sp³-hybridized carbons (Fsp3) is 0.333. The molecule has 1 aliphatic carbocycles. The van der Waals surface area contributed by atoms with E-state index in [2.05, 4.69) is 48.5 Å². The molecule has 0 bridgehead atoms. The van der Waals surface area contributed by atoms with Gasteiger partial charge >= 0.3 is 11.9 Å². The van der Waals surface area contributed by atoms with Crippen LogP contribution in [-0.2, 0) is 31.9 Å². The van der Waals surface area contributed by atoms with Crippen molar-refractivity contribution in [3.8, 4) is 11.1 Å².